The summed E-state index contributed by atoms with van der Waals surface area (Å²) < 4.78 is 0. The molecule has 0 bridgehead atoms. The van der Waals surface area contributed by atoms with Gasteiger partial charge in [0.15, 0.2) is 0 Å². The topological polar surface area (TPSA) is 29.3 Å². The van der Waals surface area contributed by atoms with Crippen LogP contribution in [0.1, 0.15) is 30.9 Å². The first kappa shape index (κ1) is 13.2. The Hall–Kier alpha value is -0.280. The molecule has 1 aliphatic heterocycles. The van der Waals surface area contributed by atoms with Crippen molar-refractivity contribution in [3.8, 4) is 0 Å². The molecule has 0 aromatic heterocycles. The van der Waals surface area contributed by atoms with Crippen molar-refractivity contribution in [1.29, 1.82) is 0 Å². The molecule has 0 unspecified atom stereocenters. The van der Waals surface area contributed by atoms with Gasteiger partial charge in [0.05, 0.1) is 10.0 Å². The first-order valence-electron chi connectivity index (χ1n) is 6.11. The van der Waals surface area contributed by atoms with Gasteiger partial charge in [-0.05, 0) is 43.6 Å². The average Bonchev–Trinajstić information content (AvgIpc) is 2.36. The molecule has 0 radical (unpaired) electrons. The van der Waals surface area contributed by atoms with E-state index in [0.717, 1.165) is 13.1 Å². The van der Waals surface area contributed by atoms with E-state index >= 15 is 0 Å². The van der Waals surface area contributed by atoms with Crippen LogP contribution in [0.5, 0.6) is 0 Å². The smallest absolute Gasteiger partial charge is 0.0595 e. The standard InChI is InChI=1S/C13H18Cl2N2/c14-11-5-4-10(8-12(11)15)13(9-16)17-6-2-1-3-7-17/h4-5,8,13H,1-3,6-7,9,16H2/t13-/m0/s1. The third-order valence-corrected chi connectivity index (χ3v) is 4.12. The van der Waals surface area contributed by atoms with Gasteiger partial charge in [0.25, 0.3) is 0 Å². The number of nitrogens with two attached hydrogens (primary N) is 1. The molecule has 0 saturated carbocycles. The predicted molar refractivity (Wildman–Crippen MR) is 73.7 cm³/mol. The van der Waals surface area contributed by atoms with Crippen LogP contribution in [0.2, 0.25) is 10.0 Å². The van der Waals surface area contributed by atoms with E-state index in [1.54, 1.807) is 0 Å². The molecule has 1 saturated heterocycles. The Morgan fingerprint density at radius 2 is 1.82 bits per heavy atom. The number of halogens is 2. The van der Waals surface area contributed by atoms with Gasteiger partial charge in [0, 0.05) is 12.6 Å². The summed E-state index contributed by atoms with van der Waals surface area (Å²) in [6.45, 7) is 2.88. The van der Waals surface area contributed by atoms with Crippen LogP contribution in [0.15, 0.2) is 18.2 Å². The molecule has 4 heteroatoms. The number of hydrogen-bond donors (Lipinski definition) is 1. The van der Waals surface area contributed by atoms with Crippen LogP contribution in [-0.4, -0.2) is 24.5 Å². The lowest BCUT2D eigenvalue weighted by Crippen LogP contribution is -2.37. The van der Waals surface area contributed by atoms with E-state index in [-0.39, 0.29) is 6.04 Å². The second-order valence-corrected chi connectivity index (χ2v) is 5.34. The molecular formula is C13H18Cl2N2. The molecule has 0 spiro atoms. The molecule has 2 N–H and O–H groups in total. The molecule has 0 aliphatic carbocycles. The molecule has 1 heterocycles. The summed E-state index contributed by atoms with van der Waals surface area (Å²) in [5.41, 5.74) is 7.08. The highest BCUT2D eigenvalue weighted by Gasteiger charge is 2.21. The van der Waals surface area contributed by atoms with Crippen LogP contribution in [-0.2, 0) is 0 Å². The number of benzene rings is 1. The van der Waals surface area contributed by atoms with E-state index in [0.29, 0.717) is 16.6 Å². The Labute approximate surface area is 113 Å². The average molecular weight is 273 g/mol. The molecule has 1 aliphatic rings. The summed E-state index contributed by atoms with van der Waals surface area (Å²) in [5.74, 6) is 0. The minimum Gasteiger partial charge on any atom is -0.329 e. The zero-order valence-electron chi connectivity index (χ0n) is 9.83. The van der Waals surface area contributed by atoms with Crippen LogP contribution < -0.4 is 5.73 Å². The van der Waals surface area contributed by atoms with Crippen molar-refractivity contribution in [2.24, 2.45) is 5.73 Å². The van der Waals surface area contributed by atoms with Gasteiger partial charge in [-0.15, -0.1) is 0 Å². The summed E-state index contributed by atoms with van der Waals surface area (Å²) in [4.78, 5) is 2.45. The lowest BCUT2D eigenvalue weighted by molar-refractivity contribution is 0.167. The van der Waals surface area contributed by atoms with Crippen molar-refractivity contribution in [1.82, 2.24) is 4.90 Å². The summed E-state index contributed by atoms with van der Waals surface area (Å²) in [5, 5.41) is 1.21. The Morgan fingerprint density at radius 3 is 2.41 bits per heavy atom. The fraction of sp³-hybridized carbons (Fsp3) is 0.538. The van der Waals surface area contributed by atoms with Gasteiger partial charge >= 0.3 is 0 Å². The monoisotopic (exact) mass is 272 g/mol. The number of rotatable bonds is 3. The van der Waals surface area contributed by atoms with Crippen molar-refractivity contribution in [2.45, 2.75) is 25.3 Å². The van der Waals surface area contributed by atoms with Crippen molar-refractivity contribution in [2.75, 3.05) is 19.6 Å². The van der Waals surface area contributed by atoms with E-state index in [1.165, 1.54) is 24.8 Å². The van der Waals surface area contributed by atoms with E-state index in [9.17, 15) is 0 Å². The number of likely N-dealkylation sites (tertiary alicyclic amines) is 1. The Morgan fingerprint density at radius 1 is 1.12 bits per heavy atom. The lowest BCUT2D eigenvalue weighted by atomic mass is 10.0. The molecule has 17 heavy (non-hydrogen) atoms. The van der Waals surface area contributed by atoms with Crippen molar-refractivity contribution in [3.05, 3.63) is 33.8 Å². The Balaban J connectivity index is 2.18. The minimum absolute atomic E-state index is 0.269. The third kappa shape index (κ3) is 3.14. The normalized spacial score (nSPS) is 19.2. The highest BCUT2D eigenvalue weighted by Crippen LogP contribution is 2.29. The van der Waals surface area contributed by atoms with Gasteiger partial charge in [-0.2, -0.15) is 0 Å². The van der Waals surface area contributed by atoms with Gasteiger partial charge in [-0.1, -0.05) is 35.7 Å². The summed E-state index contributed by atoms with van der Waals surface area (Å²) in [6.07, 6.45) is 3.85. The zero-order chi connectivity index (χ0) is 12.3. The largest absolute Gasteiger partial charge is 0.329 e. The SMILES string of the molecule is NC[C@@H](c1ccc(Cl)c(Cl)c1)N1CCCCC1. The maximum Gasteiger partial charge on any atom is 0.0595 e. The van der Waals surface area contributed by atoms with Gasteiger partial charge in [0.2, 0.25) is 0 Å². The molecule has 1 atom stereocenters. The van der Waals surface area contributed by atoms with Gasteiger partial charge < -0.3 is 5.73 Å². The van der Waals surface area contributed by atoms with Crippen molar-refractivity contribution < 1.29 is 0 Å². The van der Waals surface area contributed by atoms with Gasteiger partial charge in [-0.25, -0.2) is 0 Å². The Kier molecular flexibility index (Phi) is 4.69. The van der Waals surface area contributed by atoms with E-state index < -0.39 is 0 Å². The second-order valence-electron chi connectivity index (χ2n) is 4.52. The third-order valence-electron chi connectivity index (χ3n) is 3.38. The molecule has 2 nitrogen and oxygen atoms in total. The summed E-state index contributed by atoms with van der Waals surface area (Å²) in [6, 6.07) is 6.09. The fourth-order valence-electron chi connectivity index (χ4n) is 2.45. The highest BCUT2D eigenvalue weighted by atomic mass is 35.5. The first-order valence-corrected chi connectivity index (χ1v) is 6.87. The number of nitrogens with zero attached hydrogens (tertiary/aromatic N) is 1. The van der Waals surface area contributed by atoms with Crippen LogP contribution in [0.3, 0.4) is 0 Å². The number of piperidine rings is 1. The first-order chi connectivity index (χ1) is 8.22. The van der Waals surface area contributed by atoms with Crippen LogP contribution in [0.4, 0.5) is 0 Å². The highest BCUT2D eigenvalue weighted by molar-refractivity contribution is 6.42. The van der Waals surface area contributed by atoms with Crippen LogP contribution in [0, 0.1) is 0 Å². The van der Waals surface area contributed by atoms with E-state index in [2.05, 4.69) is 4.90 Å². The van der Waals surface area contributed by atoms with Crippen molar-refractivity contribution >= 4 is 23.2 Å². The maximum atomic E-state index is 6.06. The van der Waals surface area contributed by atoms with Crippen molar-refractivity contribution in [3.63, 3.8) is 0 Å². The van der Waals surface area contributed by atoms with Gasteiger partial charge in [0.1, 0.15) is 0 Å². The molecule has 1 aromatic rings. The molecular weight excluding hydrogens is 255 g/mol. The van der Waals surface area contributed by atoms with E-state index in [1.807, 2.05) is 18.2 Å². The van der Waals surface area contributed by atoms with Crippen LogP contribution >= 0.6 is 23.2 Å². The fourth-order valence-corrected chi connectivity index (χ4v) is 2.75. The molecule has 0 amide bonds. The predicted octanol–water partition coefficient (Wildman–Crippen LogP) is 3.48. The summed E-state index contributed by atoms with van der Waals surface area (Å²) >= 11 is 12.0. The molecule has 1 fully saturated rings. The molecule has 1 aromatic carbocycles. The van der Waals surface area contributed by atoms with Crippen LogP contribution in [0.25, 0.3) is 0 Å². The quantitative estimate of drug-likeness (QED) is 0.913. The second kappa shape index (κ2) is 6.05. The minimum atomic E-state index is 0.269. The molecule has 2 rings (SSSR count). The van der Waals surface area contributed by atoms with Gasteiger partial charge in [-0.3, -0.25) is 4.90 Å². The summed E-state index contributed by atoms with van der Waals surface area (Å²) in [7, 11) is 0. The van der Waals surface area contributed by atoms with E-state index in [4.69, 9.17) is 28.9 Å². The number of hydrogen-bond acceptors (Lipinski definition) is 2. The zero-order valence-corrected chi connectivity index (χ0v) is 11.3. The Bertz CT molecular complexity index is 376. The lowest BCUT2D eigenvalue weighted by Gasteiger charge is -2.34. The maximum absolute atomic E-state index is 6.06. The molecule has 94 valence electrons.